The summed E-state index contributed by atoms with van der Waals surface area (Å²) in [6.45, 7) is 8.81. The molecular formula is C10H20N2O2S. The average Bonchev–Trinajstić information content (AvgIpc) is 2.98. The second-order valence-electron chi connectivity index (χ2n) is 3.68. The zero-order valence-electron chi connectivity index (χ0n) is 9.52. The van der Waals surface area contributed by atoms with E-state index < -0.39 is 10.2 Å². The molecular weight excluding hydrogens is 212 g/mol. The van der Waals surface area contributed by atoms with Crippen molar-refractivity contribution >= 4 is 10.2 Å². The maximum atomic E-state index is 12.2. The summed E-state index contributed by atoms with van der Waals surface area (Å²) in [5, 5.41) is 0. The van der Waals surface area contributed by atoms with Crippen molar-refractivity contribution in [2.45, 2.75) is 32.7 Å². The second-order valence-corrected chi connectivity index (χ2v) is 5.56. The van der Waals surface area contributed by atoms with Crippen molar-refractivity contribution in [1.29, 1.82) is 0 Å². The molecule has 0 heterocycles. The van der Waals surface area contributed by atoms with Crippen molar-refractivity contribution < 1.29 is 8.42 Å². The van der Waals surface area contributed by atoms with Gasteiger partial charge >= 0.3 is 0 Å². The molecule has 0 radical (unpaired) electrons. The highest BCUT2D eigenvalue weighted by Gasteiger charge is 2.38. The fourth-order valence-corrected chi connectivity index (χ4v) is 3.45. The Bertz CT molecular complexity index is 305. The van der Waals surface area contributed by atoms with E-state index in [0.29, 0.717) is 19.6 Å². The van der Waals surface area contributed by atoms with Crippen LogP contribution in [0.1, 0.15) is 26.7 Å². The molecule has 0 atom stereocenters. The van der Waals surface area contributed by atoms with E-state index in [0.717, 1.165) is 12.8 Å². The molecule has 0 aliphatic heterocycles. The van der Waals surface area contributed by atoms with Gasteiger partial charge in [0.25, 0.3) is 10.2 Å². The third-order valence-corrected chi connectivity index (χ3v) is 4.80. The third-order valence-electron chi connectivity index (χ3n) is 2.59. The van der Waals surface area contributed by atoms with Crippen LogP contribution in [0, 0.1) is 0 Å². The average molecular weight is 232 g/mol. The van der Waals surface area contributed by atoms with Gasteiger partial charge in [0, 0.05) is 25.7 Å². The molecule has 5 heteroatoms. The highest BCUT2D eigenvalue weighted by molar-refractivity contribution is 7.86. The zero-order chi connectivity index (χ0) is 11.5. The summed E-state index contributed by atoms with van der Waals surface area (Å²) in [5.41, 5.74) is 0. The first-order chi connectivity index (χ1) is 7.07. The summed E-state index contributed by atoms with van der Waals surface area (Å²) >= 11 is 0. The van der Waals surface area contributed by atoms with Gasteiger partial charge in [0.05, 0.1) is 0 Å². The van der Waals surface area contributed by atoms with Crippen LogP contribution in [0.4, 0.5) is 0 Å². The molecule has 15 heavy (non-hydrogen) atoms. The Morgan fingerprint density at radius 3 is 2.20 bits per heavy atom. The van der Waals surface area contributed by atoms with E-state index in [2.05, 4.69) is 6.58 Å². The van der Waals surface area contributed by atoms with Crippen LogP contribution in [0.25, 0.3) is 0 Å². The van der Waals surface area contributed by atoms with Crippen LogP contribution < -0.4 is 0 Å². The molecule has 0 saturated heterocycles. The Morgan fingerprint density at radius 1 is 1.33 bits per heavy atom. The van der Waals surface area contributed by atoms with E-state index in [1.54, 1.807) is 10.4 Å². The predicted molar refractivity (Wildman–Crippen MR) is 61.8 cm³/mol. The lowest BCUT2D eigenvalue weighted by molar-refractivity contribution is 0.359. The van der Waals surface area contributed by atoms with Gasteiger partial charge in [-0.2, -0.15) is 17.0 Å². The fourth-order valence-electron chi connectivity index (χ4n) is 1.62. The summed E-state index contributed by atoms with van der Waals surface area (Å²) < 4.78 is 27.4. The SMILES string of the molecule is C=CCN(C1CC1)S(=O)(=O)N(CC)CC. The zero-order valence-corrected chi connectivity index (χ0v) is 10.3. The van der Waals surface area contributed by atoms with Gasteiger partial charge in [0.2, 0.25) is 0 Å². The molecule has 1 saturated carbocycles. The van der Waals surface area contributed by atoms with Crippen molar-refractivity contribution in [1.82, 2.24) is 8.61 Å². The van der Waals surface area contributed by atoms with Crippen LogP contribution in [0.5, 0.6) is 0 Å². The van der Waals surface area contributed by atoms with Crippen LogP contribution in [0.2, 0.25) is 0 Å². The molecule has 0 spiro atoms. The summed E-state index contributed by atoms with van der Waals surface area (Å²) in [6, 6.07) is 0.202. The Kier molecular flexibility index (Phi) is 4.31. The Hall–Kier alpha value is -0.390. The molecule has 1 aliphatic rings. The highest BCUT2D eigenvalue weighted by atomic mass is 32.2. The minimum atomic E-state index is -3.27. The molecule has 0 aromatic rings. The van der Waals surface area contributed by atoms with Crippen molar-refractivity contribution in [2.75, 3.05) is 19.6 Å². The number of nitrogens with zero attached hydrogens (tertiary/aromatic N) is 2. The summed E-state index contributed by atoms with van der Waals surface area (Å²) in [5.74, 6) is 0. The summed E-state index contributed by atoms with van der Waals surface area (Å²) in [6.07, 6.45) is 3.61. The first-order valence-corrected chi connectivity index (χ1v) is 6.85. The molecule has 0 amide bonds. The van der Waals surface area contributed by atoms with Crippen molar-refractivity contribution in [3.63, 3.8) is 0 Å². The van der Waals surface area contributed by atoms with Gasteiger partial charge in [-0.3, -0.25) is 0 Å². The lowest BCUT2D eigenvalue weighted by atomic mass is 10.6. The Labute approximate surface area is 92.7 Å². The Balaban J connectivity index is 2.83. The topological polar surface area (TPSA) is 40.6 Å². The fraction of sp³-hybridized carbons (Fsp3) is 0.800. The molecule has 0 bridgehead atoms. The number of rotatable bonds is 7. The smallest absolute Gasteiger partial charge is 0.195 e. The van der Waals surface area contributed by atoms with Crippen LogP contribution in [-0.4, -0.2) is 42.7 Å². The maximum Gasteiger partial charge on any atom is 0.282 e. The van der Waals surface area contributed by atoms with Crippen LogP contribution in [0.15, 0.2) is 12.7 Å². The van der Waals surface area contributed by atoms with E-state index in [9.17, 15) is 8.42 Å². The quantitative estimate of drug-likeness (QED) is 0.619. The van der Waals surface area contributed by atoms with Gasteiger partial charge < -0.3 is 0 Å². The summed E-state index contributed by atoms with van der Waals surface area (Å²) in [4.78, 5) is 0. The van der Waals surface area contributed by atoms with E-state index in [1.165, 1.54) is 4.31 Å². The van der Waals surface area contributed by atoms with Crippen LogP contribution in [0.3, 0.4) is 0 Å². The maximum absolute atomic E-state index is 12.2. The largest absolute Gasteiger partial charge is 0.282 e. The van der Waals surface area contributed by atoms with Gasteiger partial charge in [0.1, 0.15) is 0 Å². The first-order valence-electron chi connectivity index (χ1n) is 5.45. The van der Waals surface area contributed by atoms with Gasteiger partial charge in [-0.15, -0.1) is 6.58 Å². The highest BCUT2D eigenvalue weighted by Crippen LogP contribution is 2.30. The van der Waals surface area contributed by atoms with Gasteiger partial charge in [-0.25, -0.2) is 0 Å². The monoisotopic (exact) mass is 232 g/mol. The van der Waals surface area contributed by atoms with E-state index in [4.69, 9.17) is 0 Å². The van der Waals surface area contributed by atoms with Crippen LogP contribution >= 0.6 is 0 Å². The second kappa shape index (κ2) is 5.09. The Morgan fingerprint density at radius 2 is 1.87 bits per heavy atom. The minimum absolute atomic E-state index is 0.202. The third kappa shape index (κ3) is 2.80. The van der Waals surface area contributed by atoms with E-state index in [-0.39, 0.29) is 6.04 Å². The normalized spacial score (nSPS) is 17.3. The van der Waals surface area contributed by atoms with Gasteiger partial charge in [0.15, 0.2) is 0 Å². The molecule has 1 aliphatic carbocycles. The number of hydrogen-bond donors (Lipinski definition) is 0. The molecule has 1 rings (SSSR count). The molecule has 88 valence electrons. The molecule has 0 aromatic heterocycles. The molecule has 1 fully saturated rings. The van der Waals surface area contributed by atoms with Crippen molar-refractivity contribution in [3.05, 3.63) is 12.7 Å². The molecule has 0 aromatic carbocycles. The van der Waals surface area contributed by atoms with Gasteiger partial charge in [-0.05, 0) is 12.8 Å². The van der Waals surface area contributed by atoms with E-state index >= 15 is 0 Å². The van der Waals surface area contributed by atoms with Gasteiger partial charge in [-0.1, -0.05) is 19.9 Å². The predicted octanol–water partition coefficient (Wildman–Crippen LogP) is 1.22. The van der Waals surface area contributed by atoms with Crippen LogP contribution in [-0.2, 0) is 10.2 Å². The number of hydrogen-bond acceptors (Lipinski definition) is 2. The minimum Gasteiger partial charge on any atom is -0.195 e. The lowest BCUT2D eigenvalue weighted by Gasteiger charge is -2.27. The van der Waals surface area contributed by atoms with E-state index in [1.807, 2.05) is 13.8 Å². The molecule has 0 unspecified atom stereocenters. The lowest BCUT2D eigenvalue weighted by Crippen LogP contribution is -2.44. The van der Waals surface area contributed by atoms with Crippen molar-refractivity contribution in [3.8, 4) is 0 Å². The first kappa shape index (κ1) is 12.7. The van der Waals surface area contributed by atoms with Crippen molar-refractivity contribution in [2.24, 2.45) is 0 Å². The standard InChI is InChI=1S/C10H20N2O2S/c1-4-9-12(10-7-8-10)15(13,14)11(5-2)6-3/h4,10H,1,5-9H2,2-3H3. The molecule has 0 N–H and O–H groups in total. The molecule has 4 nitrogen and oxygen atoms in total. The summed E-state index contributed by atoms with van der Waals surface area (Å²) in [7, 11) is -3.27.